The molecule has 0 aliphatic heterocycles. The molecule has 0 aliphatic carbocycles. The van der Waals surface area contributed by atoms with Crippen LogP contribution in [0.4, 0.5) is 0 Å². The molecule has 0 unspecified atom stereocenters. The molecular formula is C19H22N2O3. The highest BCUT2D eigenvalue weighted by molar-refractivity contribution is 5.84. The number of hydrazone groups is 1. The van der Waals surface area contributed by atoms with Crippen molar-refractivity contribution in [2.24, 2.45) is 5.10 Å². The molecular weight excluding hydrogens is 304 g/mol. The third kappa shape index (κ3) is 4.84. The first-order valence-electron chi connectivity index (χ1n) is 7.83. The van der Waals surface area contributed by atoms with Crippen molar-refractivity contribution >= 4 is 12.1 Å². The highest BCUT2D eigenvalue weighted by Crippen LogP contribution is 2.26. The van der Waals surface area contributed by atoms with Gasteiger partial charge in [0.25, 0.3) is 0 Å². The molecule has 0 spiro atoms. The van der Waals surface area contributed by atoms with E-state index in [4.69, 9.17) is 4.74 Å². The Morgan fingerprint density at radius 3 is 2.75 bits per heavy atom. The number of hydrogen-bond acceptors (Lipinski definition) is 4. The first-order chi connectivity index (χ1) is 11.5. The first kappa shape index (κ1) is 17.5. The Hall–Kier alpha value is -2.82. The maximum atomic E-state index is 12.0. The van der Waals surface area contributed by atoms with Gasteiger partial charge in [-0.15, -0.1) is 0 Å². The molecule has 0 heterocycles. The van der Waals surface area contributed by atoms with Crippen molar-refractivity contribution in [3.63, 3.8) is 0 Å². The maximum Gasteiger partial charge on any atom is 0.244 e. The quantitative estimate of drug-likeness (QED) is 0.633. The molecule has 2 N–H and O–H groups in total. The van der Waals surface area contributed by atoms with Crippen LogP contribution in [0, 0.1) is 13.8 Å². The average Bonchev–Trinajstić information content (AvgIpc) is 2.53. The number of aromatic hydroxyl groups is 1. The zero-order chi connectivity index (χ0) is 17.5. The van der Waals surface area contributed by atoms with Gasteiger partial charge in [-0.25, -0.2) is 5.43 Å². The van der Waals surface area contributed by atoms with Crippen LogP contribution in [0.5, 0.6) is 11.5 Å². The molecule has 5 nitrogen and oxygen atoms in total. The molecule has 1 amide bonds. The van der Waals surface area contributed by atoms with E-state index in [0.717, 1.165) is 16.7 Å². The van der Waals surface area contributed by atoms with Crippen molar-refractivity contribution in [1.29, 1.82) is 0 Å². The van der Waals surface area contributed by atoms with E-state index in [1.165, 1.54) is 17.8 Å². The summed E-state index contributed by atoms with van der Waals surface area (Å²) in [6, 6.07) is 10.9. The van der Waals surface area contributed by atoms with Crippen LogP contribution in [0.1, 0.15) is 29.2 Å². The van der Waals surface area contributed by atoms with Crippen LogP contribution in [-0.4, -0.2) is 23.8 Å². The number of benzene rings is 2. The lowest BCUT2D eigenvalue weighted by molar-refractivity contribution is -0.120. The number of carbonyl (C=O) groups is 1. The van der Waals surface area contributed by atoms with Crippen molar-refractivity contribution in [1.82, 2.24) is 5.43 Å². The summed E-state index contributed by atoms with van der Waals surface area (Å²) in [5.41, 5.74) is 6.49. The van der Waals surface area contributed by atoms with Gasteiger partial charge in [-0.2, -0.15) is 5.10 Å². The summed E-state index contributed by atoms with van der Waals surface area (Å²) in [6.45, 7) is 6.31. The van der Waals surface area contributed by atoms with Gasteiger partial charge in [0.15, 0.2) is 11.5 Å². The minimum absolute atomic E-state index is 0.0767. The van der Waals surface area contributed by atoms with Crippen LogP contribution < -0.4 is 10.2 Å². The Morgan fingerprint density at radius 1 is 1.25 bits per heavy atom. The van der Waals surface area contributed by atoms with Gasteiger partial charge >= 0.3 is 0 Å². The standard InChI is InChI=1S/C19H22N2O3/c1-4-24-18-10-15(6-8-17(18)22)12-20-21-19(23)11-16-7-5-13(2)9-14(16)3/h5-10,12,22H,4,11H2,1-3H3,(H,21,23)/b20-12+. The van der Waals surface area contributed by atoms with Gasteiger partial charge in [0.1, 0.15) is 0 Å². The number of rotatable bonds is 6. The van der Waals surface area contributed by atoms with Gasteiger partial charge in [0, 0.05) is 0 Å². The summed E-state index contributed by atoms with van der Waals surface area (Å²) < 4.78 is 5.31. The molecule has 2 rings (SSSR count). The van der Waals surface area contributed by atoms with E-state index in [2.05, 4.69) is 16.6 Å². The fourth-order valence-corrected chi connectivity index (χ4v) is 2.32. The zero-order valence-electron chi connectivity index (χ0n) is 14.2. The third-order valence-electron chi connectivity index (χ3n) is 3.54. The number of amides is 1. The van der Waals surface area contributed by atoms with E-state index < -0.39 is 0 Å². The summed E-state index contributed by atoms with van der Waals surface area (Å²) in [7, 11) is 0. The Morgan fingerprint density at radius 2 is 2.04 bits per heavy atom. The van der Waals surface area contributed by atoms with E-state index in [1.807, 2.05) is 32.9 Å². The second-order valence-electron chi connectivity index (χ2n) is 5.56. The molecule has 126 valence electrons. The molecule has 0 aromatic heterocycles. The van der Waals surface area contributed by atoms with Gasteiger partial charge < -0.3 is 9.84 Å². The zero-order valence-corrected chi connectivity index (χ0v) is 14.2. The number of hydrogen-bond donors (Lipinski definition) is 2. The minimum atomic E-state index is -0.179. The van der Waals surface area contributed by atoms with Gasteiger partial charge in [-0.05, 0) is 55.7 Å². The summed E-state index contributed by atoms with van der Waals surface area (Å²) >= 11 is 0. The first-order valence-corrected chi connectivity index (χ1v) is 7.83. The summed E-state index contributed by atoms with van der Waals surface area (Å²) in [4.78, 5) is 12.0. The van der Waals surface area contributed by atoms with E-state index in [0.29, 0.717) is 12.4 Å². The van der Waals surface area contributed by atoms with E-state index in [-0.39, 0.29) is 18.1 Å². The Kier molecular flexibility index (Phi) is 5.95. The van der Waals surface area contributed by atoms with Crippen molar-refractivity contribution in [2.75, 3.05) is 6.61 Å². The van der Waals surface area contributed by atoms with Crippen LogP contribution in [0.25, 0.3) is 0 Å². The monoisotopic (exact) mass is 326 g/mol. The average molecular weight is 326 g/mol. The number of phenols is 1. The van der Waals surface area contributed by atoms with Crippen LogP contribution in [0.2, 0.25) is 0 Å². The SMILES string of the molecule is CCOc1cc(/C=N/NC(=O)Cc2ccc(C)cc2C)ccc1O. The lowest BCUT2D eigenvalue weighted by atomic mass is 10.0. The van der Waals surface area contributed by atoms with E-state index >= 15 is 0 Å². The summed E-state index contributed by atoms with van der Waals surface area (Å²) in [6.07, 6.45) is 1.80. The molecule has 0 saturated heterocycles. The van der Waals surface area contributed by atoms with Crippen molar-refractivity contribution in [2.45, 2.75) is 27.2 Å². The normalized spacial score (nSPS) is 10.8. The van der Waals surface area contributed by atoms with Crippen LogP contribution in [-0.2, 0) is 11.2 Å². The predicted octanol–water partition coefficient (Wildman–Crippen LogP) is 3.10. The fraction of sp³-hybridized carbons (Fsp3) is 0.263. The fourth-order valence-electron chi connectivity index (χ4n) is 2.32. The largest absolute Gasteiger partial charge is 0.504 e. The molecule has 0 atom stereocenters. The smallest absolute Gasteiger partial charge is 0.244 e. The predicted molar refractivity (Wildman–Crippen MR) is 94.6 cm³/mol. The topological polar surface area (TPSA) is 70.9 Å². The van der Waals surface area contributed by atoms with Gasteiger partial charge in [0.05, 0.1) is 19.2 Å². The van der Waals surface area contributed by atoms with Crippen LogP contribution >= 0.6 is 0 Å². The molecule has 24 heavy (non-hydrogen) atoms. The highest BCUT2D eigenvalue weighted by atomic mass is 16.5. The number of ether oxygens (including phenoxy) is 1. The van der Waals surface area contributed by atoms with Gasteiger partial charge in [-0.3, -0.25) is 4.79 Å². The molecule has 2 aromatic carbocycles. The molecule has 0 radical (unpaired) electrons. The lowest BCUT2D eigenvalue weighted by Crippen LogP contribution is -2.20. The van der Waals surface area contributed by atoms with Crippen LogP contribution in [0.3, 0.4) is 0 Å². The number of carbonyl (C=O) groups excluding carboxylic acids is 1. The van der Waals surface area contributed by atoms with E-state index in [9.17, 15) is 9.90 Å². The molecule has 0 saturated carbocycles. The van der Waals surface area contributed by atoms with Crippen molar-refractivity contribution in [3.8, 4) is 11.5 Å². The molecule has 5 heteroatoms. The Bertz CT molecular complexity index is 754. The summed E-state index contributed by atoms with van der Waals surface area (Å²) in [5, 5.41) is 13.6. The van der Waals surface area contributed by atoms with Crippen molar-refractivity contribution in [3.05, 3.63) is 58.7 Å². The minimum Gasteiger partial charge on any atom is -0.504 e. The van der Waals surface area contributed by atoms with Gasteiger partial charge in [-0.1, -0.05) is 23.8 Å². The Labute approximate surface area is 142 Å². The molecule has 0 fully saturated rings. The number of phenolic OH excluding ortho intramolecular Hbond substituents is 1. The maximum absolute atomic E-state index is 12.0. The third-order valence-corrected chi connectivity index (χ3v) is 3.54. The highest BCUT2D eigenvalue weighted by Gasteiger charge is 2.05. The molecule has 0 bridgehead atoms. The number of aryl methyl sites for hydroxylation is 2. The van der Waals surface area contributed by atoms with Crippen molar-refractivity contribution < 1.29 is 14.6 Å². The molecule has 2 aromatic rings. The van der Waals surface area contributed by atoms with Gasteiger partial charge in [0.2, 0.25) is 5.91 Å². The number of nitrogens with zero attached hydrogens (tertiary/aromatic N) is 1. The summed E-state index contributed by atoms with van der Waals surface area (Å²) in [5.74, 6) is 0.290. The van der Waals surface area contributed by atoms with E-state index in [1.54, 1.807) is 12.1 Å². The second kappa shape index (κ2) is 8.15. The molecule has 0 aliphatic rings. The Balaban J connectivity index is 1.96. The number of nitrogens with one attached hydrogen (secondary N) is 1. The second-order valence-corrected chi connectivity index (χ2v) is 5.56. The van der Waals surface area contributed by atoms with Crippen LogP contribution in [0.15, 0.2) is 41.5 Å². The lowest BCUT2D eigenvalue weighted by Gasteiger charge is -2.07.